The Morgan fingerprint density at radius 1 is 1.17 bits per heavy atom. The lowest BCUT2D eigenvalue weighted by Crippen LogP contribution is -2.49. The fraction of sp³-hybridized carbons (Fsp3) is 0.692. The van der Waals surface area contributed by atoms with E-state index in [0.717, 1.165) is 6.42 Å². The van der Waals surface area contributed by atoms with Crippen LogP contribution in [0.2, 0.25) is 0 Å². The summed E-state index contributed by atoms with van der Waals surface area (Å²) in [7, 11) is -3.39. The van der Waals surface area contributed by atoms with Crippen LogP contribution in [0.25, 0.3) is 0 Å². The summed E-state index contributed by atoms with van der Waals surface area (Å²) < 4.78 is 28.0. The number of hydrogen-bond acceptors (Lipinski definition) is 2. The Labute approximate surface area is 111 Å². The van der Waals surface area contributed by atoms with Crippen molar-refractivity contribution in [2.24, 2.45) is 11.8 Å². The summed E-state index contributed by atoms with van der Waals surface area (Å²) in [6.45, 7) is 13.3. The SMILES string of the molecule is C=CCN(CC=C)S(=O)(=O)N1CC(C)CC(C)C1. The van der Waals surface area contributed by atoms with E-state index in [9.17, 15) is 8.42 Å². The molecule has 0 saturated carbocycles. The van der Waals surface area contributed by atoms with Crippen molar-refractivity contribution in [2.45, 2.75) is 20.3 Å². The Morgan fingerprint density at radius 3 is 2.00 bits per heavy atom. The molecule has 1 fully saturated rings. The van der Waals surface area contributed by atoms with Crippen molar-refractivity contribution in [1.82, 2.24) is 8.61 Å². The van der Waals surface area contributed by atoms with Gasteiger partial charge in [-0.25, -0.2) is 0 Å². The van der Waals surface area contributed by atoms with Crippen molar-refractivity contribution in [3.63, 3.8) is 0 Å². The van der Waals surface area contributed by atoms with E-state index in [0.29, 0.717) is 38.0 Å². The molecule has 1 saturated heterocycles. The quantitative estimate of drug-likeness (QED) is 0.693. The van der Waals surface area contributed by atoms with Gasteiger partial charge in [-0.05, 0) is 18.3 Å². The molecule has 18 heavy (non-hydrogen) atoms. The number of piperidine rings is 1. The van der Waals surface area contributed by atoms with Crippen LogP contribution in [0, 0.1) is 11.8 Å². The van der Waals surface area contributed by atoms with Gasteiger partial charge in [0.15, 0.2) is 0 Å². The van der Waals surface area contributed by atoms with E-state index in [1.807, 2.05) is 0 Å². The first-order chi connectivity index (χ1) is 8.41. The minimum Gasteiger partial charge on any atom is -0.195 e. The molecular formula is C13H24N2O2S. The largest absolute Gasteiger partial charge is 0.282 e. The topological polar surface area (TPSA) is 40.6 Å². The van der Waals surface area contributed by atoms with Crippen molar-refractivity contribution >= 4 is 10.2 Å². The highest BCUT2D eigenvalue weighted by Gasteiger charge is 2.33. The molecule has 0 aromatic heterocycles. The van der Waals surface area contributed by atoms with E-state index in [4.69, 9.17) is 0 Å². The predicted octanol–water partition coefficient (Wildman–Crippen LogP) is 1.88. The Bertz CT molecular complexity index is 372. The van der Waals surface area contributed by atoms with Gasteiger partial charge in [-0.15, -0.1) is 13.2 Å². The Balaban J connectivity index is 2.88. The first-order valence-electron chi connectivity index (χ1n) is 6.38. The number of nitrogens with zero attached hydrogens (tertiary/aromatic N) is 2. The van der Waals surface area contributed by atoms with Gasteiger partial charge in [-0.2, -0.15) is 17.0 Å². The molecule has 1 aliphatic rings. The first-order valence-corrected chi connectivity index (χ1v) is 7.78. The van der Waals surface area contributed by atoms with Crippen LogP contribution >= 0.6 is 0 Å². The molecule has 1 aliphatic heterocycles. The third-order valence-electron chi connectivity index (χ3n) is 3.15. The molecular weight excluding hydrogens is 248 g/mol. The Hall–Kier alpha value is -0.650. The van der Waals surface area contributed by atoms with Crippen LogP contribution in [0.4, 0.5) is 0 Å². The van der Waals surface area contributed by atoms with Gasteiger partial charge in [0.05, 0.1) is 0 Å². The van der Waals surface area contributed by atoms with Gasteiger partial charge in [-0.1, -0.05) is 26.0 Å². The van der Waals surface area contributed by atoms with E-state index >= 15 is 0 Å². The van der Waals surface area contributed by atoms with E-state index in [1.165, 1.54) is 4.31 Å². The average molecular weight is 272 g/mol. The minimum atomic E-state index is -3.39. The molecule has 4 nitrogen and oxygen atoms in total. The predicted molar refractivity (Wildman–Crippen MR) is 75.4 cm³/mol. The van der Waals surface area contributed by atoms with Crippen LogP contribution in [0.1, 0.15) is 20.3 Å². The summed E-state index contributed by atoms with van der Waals surface area (Å²) in [4.78, 5) is 0. The second-order valence-electron chi connectivity index (χ2n) is 5.17. The highest BCUT2D eigenvalue weighted by molar-refractivity contribution is 7.86. The molecule has 0 spiro atoms. The zero-order chi connectivity index (χ0) is 13.8. The van der Waals surface area contributed by atoms with Gasteiger partial charge in [0.25, 0.3) is 10.2 Å². The molecule has 0 N–H and O–H groups in total. The normalized spacial score (nSPS) is 26.2. The highest BCUT2D eigenvalue weighted by Crippen LogP contribution is 2.24. The Morgan fingerprint density at radius 2 is 1.61 bits per heavy atom. The second-order valence-corrected chi connectivity index (χ2v) is 7.09. The summed E-state index contributed by atoms with van der Waals surface area (Å²) in [5.74, 6) is 0.829. The summed E-state index contributed by atoms with van der Waals surface area (Å²) in [6, 6.07) is 0. The van der Waals surface area contributed by atoms with E-state index in [-0.39, 0.29) is 0 Å². The molecule has 0 aliphatic carbocycles. The van der Waals surface area contributed by atoms with E-state index < -0.39 is 10.2 Å². The highest BCUT2D eigenvalue weighted by atomic mass is 32.2. The third kappa shape index (κ3) is 3.67. The van der Waals surface area contributed by atoms with Gasteiger partial charge >= 0.3 is 0 Å². The van der Waals surface area contributed by atoms with Crippen molar-refractivity contribution in [2.75, 3.05) is 26.2 Å². The fourth-order valence-corrected chi connectivity index (χ4v) is 4.31. The van der Waals surface area contributed by atoms with Crippen LogP contribution < -0.4 is 0 Å². The fourth-order valence-electron chi connectivity index (χ4n) is 2.51. The van der Waals surface area contributed by atoms with Crippen molar-refractivity contribution in [3.05, 3.63) is 25.3 Å². The number of hydrogen-bond donors (Lipinski definition) is 0. The van der Waals surface area contributed by atoms with Crippen LogP contribution in [-0.2, 0) is 10.2 Å². The maximum atomic E-state index is 12.5. The average Bonchev–Trinajstić information content (AvgIpc) is 2.27. The standard InChI is InChI=1S/C13H24N2O2S/c1-5-7-14(8-6-2)18(16,17)15-10-12(3)9-13(4)11-15/h5-6,12-13H,1-2,7-11H2,3-4H3. The Kier molecular flexibility index (Phi) is 5.56. The summed E-state index contributed by atoms with van der Waals surface area (Å²) in [5, 5.41) is 0. The summed E-state index contributed by atoms with van der Waals surface area (Å²) in [5.41, 5.74) is 0. The first kappa shape index (κ1) is 15.4. The van der Waals surface area contributed by atoms with Gasteiger partial charge in [0.1, 0.15) is 0 Å². The van der Waals surface area contributed by atoms with Crippen LogP contribution in [0.5, 0.6) is 0 Å². The van der Waals surface area contributed by atoms with Gasteiger partial charge in [-0.3, -0.25) is 0 Å². The molecule has 1 heterocycles. The molecule has 5 heteroatoms. The second kappa shape index (κ2) is 6.50. The van der Waals surface area contributed by atoms with Crippen LogP contribution in [0.3, 0.4) is 0 Å². The summed E-state index contributed by atoms with van der Waals surface area (Å²) >= 11 is 0. The van der Waals surface area contributed by atoms with Gasteiger partial charge in [0, 0.05) is 26.2 Å². The molecule has 0 aromatic carbocycles. The van der Waals surface area contributed by atoms with E-state index in [2.05, 4.69) is 27.0 Å². The number of rotatable bonds is 6. The molecule has 2 atom stereocenters. The summed E-state index contributed by atoms with van der Waals surface area (Å²) in [6.07, 6.45) is 4.31. The van der Waals surface area contributed by atoms with Gasteiger partial charge < -0.3 is 0 Å². The molecule has 0 bridgehead atoms. The zero-order valence-electron chi connectivity index (χ0n) is 11.4. The molecule has 0 radical (unpaired) electrons. The van der Waals surface area contributed by atoms with Crippen molar-refractivity contribution in [3.8, 4) is 0 Å². The van der Waals surface area contributed by atoms with Crippen LogP contribution in [0.15, 0.2) is 25.3 Å². The molecule has 1 rings (SSSR count). The van der Waals surface area contributed by atoms with E-state index in [1.54, 1.807) is 16.5 Å². The molecule has 2 unspecified atom stereocenters. The van der Waals surface area contributed by atoms with Gasteiger partial charge in [0.2, 0.25) is 0 Å². The maximum Gasteiger partial charge on any atom is 0.282 e. The molecule has 104 valence electrons. The molecule has 0 amide bonds. The lowest BCUT2D eigenvalue weighted by Gasteiger charge is -2.36. The van der Waals surface area contributed by atoms with Crippen molar-refractivity contribution in [1.29, 1.82) is 0 Å². The maximum absolute atomic E-state index is 12.5. The lowest BCUT2D eigenvalue weighted by molar-refractivity contribution is 0.211. The van der Waals surface area contributed by atoms with Crippen molar-refractivity contribution < 1.29 is 8.42 Å². The monoisotopic (exact) mass is 272 g/mol. The smallest absolute Gasteiger partial charge is 0.195 e. The third-order valence-corrected chi connectivity index (χ3v) is 5.05. The lowest BCUT2D eigenvalue weighted by atomic mass is 9.94. The zero-order valence-corrected chi connectivity index (χ0v) is 12.2. The minimum absolute atomic E-state index is 0.327. The molecule has 0 aromatic rings. The van der Waals surface area contributed by atoms with Crippen LogP contribution in [-0.4, -0.2) is 43.2 Å².